The molecule has 168 valence electrons. The first-order valence-electron chi connectivity index (χ1n) is 10.0. The van der Waals surface area contributed by atoms with Crippen LogP contribution in [0, 0.1) is 0 Å². The maximum atomic E-state index is 13.0. The minimum Gasteiger partial charge on any atom is -0.492 e. The molecular formula is C20H26N4O6S. The van der Waals surface area contributed by atoms with Crippen molar-refractivity contribution in [1.82, 2.24) is 14.1 Å². The average molecular weight is 451 g/mol. The third-order valence-corrected chi connectivity index (χ3v) is 6.65. The highest BCUT2D eigenvalue weighted by Gasteiger charge is 2.27. The van der Waals surface area contributed by atoms with Crippen molar-refractivity contribution >= 4 is 27.6 Å². The third-order valence-electron chi connectivity index (χ3n) is 4.75. The lowest BCUT2D eigenvalue weighted by atomic mass is 10.2. The van der Waals surface area contributed by atoms with Crippen molar-refractivity contribution in [3.05, 3.63) is 36.2 Å². The molecule has 0 radical (unpaired) electrons. The molecule has 10 nitrogen and oxygen atoms in total. The van der Waals surface area contributed by atoms with Gasteiger partial charge in [0.25, 0.3) is 5.91 Å². The van der Waals surface area contributed by atoms with Crippen LogP contribution in [-0.4, -0.2) is 60.7 Å². The van der Waals surface area contributed by atoms with Gasteiger partial charge in [0.05, 0.1) is 29.0 Å². The first-order chi connectivity index (χ1) is 14.8. The highest BCUT2D eigenvalue weighted by molar-refractivity contribution is 7.89. The molecule has 1 amide bonds. The molecule has 1 aliphatic heterocycles. The van der Waals surface area contributed by atoms with Gasteiger partial charge in [0.15, 0.2) is 6.61 Å². The van der Waals surface area contributed by atoms with Crippen molar-refractivity contribution in [2.75, 3.05) is 31.6 Å². The normalized spacial score (nSPS) is 14.8. The molecule has 0 unspecified atom stereocenters. The topological polar surface area (TPSA) is 120 Å². The fraction of sp³-hybridized carbons (Fsp3) is 0.450. The maximum Gasteiger partial charge on any atom is 0.341 e. The summed E-state index contributed by atoms with van der Waals surface area (Å²) in [6.07, 6.45) is 5.46. The monoisotopic (exact) mass is 450 g/mol. The molecule has 1 saturated heterocycles. The Bertz CT molecular complexity index is 1040. The number of rotatable bonds is 8. The Morgan fingerprint density at radius 2 is 1.94 bits per heavy atom. The highest BCUT2D eigenvalue weighted by Crippen LogP contribution is 2.30. The largest absolute Gasteiger partial charge is 0.492 e. The van der Waals surface area contributed by atoms with Crippen molar-refractivity contribution < 1.29 is 27.5 Å². The molecular weight excluding hydrogens is 424 g/mol. The van der Waals surface area contributed by atoms with E-state index in [-0.39, 0.29) is 16.1 Å². The summed E-state index contributed by atoms with van der Waals surface area (Å²) in [5.41, 5.74) is 0.419. The summed E-state index contributed by atoms with van der Waals surface area (Å²) in [7, 11) is -2.02. The lowest BCUT2D eigenvalue weighted by molar-refractivity contribution is -0.119. The third kappa shape index (κ3) is 5.61. The second-order valence-electron chi connectivity index (χ2n) is 7.08. The minimum atomic E-state index is -3.68. The molecule has 1 aliphatic rings. The van der Waals surface area contributed by atoms with Gasteiger partial charge in [-0.15, -0.1) is 0 Å². The van der Waals surface area contributed by atoms with Gasteiger partial charge in [-0.2, -0.15) is 9.40 Å². The van der Waals surface area contributed by atoms with Crippen LogP contribution in [-0.2, 0) is 26.6 Å². The zero-order valence-corrected chi connectivity index (χ0v) is 18.4. The van der Waals surface area contributed by atoms with Crippen LogP contribution in [0.15, 0.2) is 35.5 Å². The van der Waals surface area contributed by atoms with Crippen LogP contribution in [0.2, 0.25) is 0 Å². The summed E-state index contributed by atoms with van der Waals surface area (Å²) in [5.74, 6) is -0.979. The van der Waals surface area contributed by atoms with E-state index in [4.69, 9.17) is 9.47 Å². The Morgan fingerprint density at radius 3 is 2.58 bits per heavy atom. The number of nitrogens with zero attached hydrogens (tertiary/aromatic N) is 3. The van der Waals surface area contributed by atoms with E-state index in [0.717, 1.165) is 19.3 Å². The van der Waals surface area contributed by atoms with Gasteiger partial charge in [0.2, 0.25) is 10.0 Å². The number of hydrogen-bond donors (Lipinski definition) is 1. The number of aryl methyl sites for hydroxylation is 1. The van der Waals surface area contributed by atoms with E-state index >= 15 is 0 Å². The zero-order chi connectivity index (χ0) is 22.4. The van der Waals surface area contributed by atoms with Crippen LogP contribution in [0.25, 0.3) is 0 Å². The summed E-state index contributed by atoms with van der Waals surface area (Å²) in [4.78, 5) is 24.4. The molecule has 31 heavy (non-hydrogen) atoms. The molecule has 0 aliphatic carbocycles. The molecule has 2 heterocycles. The number of aromatic nitrogens is 2. The summed E-state index contributed by atoms with van der Waals surface area (Å²) >= 11 is 0. The predicted octanol–water partition coefficient (Wildman–Crippen LogP) is 1.79. The molecule has 1 aromatic carbocycles. The van der Waals surface area contributed by atoms with Gasteiger partial charge in [-0.25, -0.2) is 13.2 Å². The van der Waals surface area contributed by atoms with Crippen LogP contribution >= 0.6 is 0 Å². The first kappa shape index (κ1) is 22.8. The SMILES string of the molecule is CCOc1ccc(S(=O)(=O)N2CCCCC2)cc1NC(=O)COC(=O)c1cnn(C)c1. The quantitative estimate of drug-likeness (QED) is 0.609. The summed E-state index contributed by atoms with van der Waals surface area (Å²) in [6.45, 7) is 2.52. The number of benzene rings is 1. The second-order valence-corrected chi connectivity index (χ2v) is 9.02. The van der Waals surface area contributed by atoms with Gasteiger partial charge in [0.1, 0.15) is 5.75 Å². The Hall–Kier alpha value is -2.92. The Kier molecular flexibility index (Phi) is 7.29. The second kappa shape index (κ2) is 9.92. The molecule has 0 atom stereocenters. The van der Waals surface area contributed by atoms with Gasteiger partial charge in [-0.3, -0.25) is 9.48 Å². The molecule has 0 spiro atoms. The minimum absolute atomic E-state index is 0.0699. The highest BCUT2D eigenvalue weighted by atomic mass is 32.2. The number of sulfonamides is 1. The van der Waals surface area contributed by atoms with Gasteiger partial charge >= 0.3 is 5.97 Å². The summed E-state index contributed by atoms with van der Waals surface area (Å²) in [6, 6.07) is 4.35. The van der Waals surface area contributed by atoms with Crippen molar-refractivity contribution in [3.8, 4) is 5.75 Å². The Morgan fingerprint density at radius 1 is 1.19 bits per heavy atom. The van der Waals surface area contributed by atoms with E-state index in [1.54, 1.807) is 14.0 Å². The van der Waals surface area contributed by atoms with E-state index in [0.29, 0.717) is 25.4 Å². The molecule has 2 aromatic rings. The zero-order valence-electron chi connectivity index (χ0n) is 17.5. The Labute approximate surface area is 181 Å². The van der Waals surface area contributed by atoms with Crippen LogP contribution < -0.4 is 10.1 Å². The average Bonchev–Trinajstić information content (AvgIpc) is 3.20. The first-order valence-corrected chi connectivity index (χ1v) is 11.5. The smallest absolute Gasteiger partial charge is 0.341 e. The number of amides is 1. The number of anilines is 1. The number of carbonyl (C=O) groups is 2. The van der Waals surface area contributed by atoms with E-state index in [1.165, 1.54) is 39.6 Å². The van der Waals surface area contributed by atoms with Crippen LogP contribution in [0.4, 0.5) is 5.69 Å². The van der Waals surface area contributed by atoms with Gasteiger partial charge < -0.3 is 14.8 Å². The predicted molar refractivity (Wildman–Crippen MR) is 112 cm³/mol. The summed E-state index contributed by atoms with van der Waals surface area (Å²) < 4.78 is 39.3. The fourth-order valence-corrected chi connectivity index (χ4v) is 4.77. The maximum absolute atomic E-state index is 13.0. The number of esters is 1. The van der Waals surface area contributed by atoms with Crippen LogP contribution in [0.3, 0.4) is 0 Å². The number of hydrogen-bond acceptors (Lipinski definition) is 7. The van der Waals surface area contributed by atoms with E-state index in [1.807, 2.05) is 0 Å². The number of carbonyl (C=O) groups excluding carboxylic acids is 2. The summed E-state index contributed by atoms with van der Waals surface area (Å²) in [5, 5.41) is 6.45. The van der Waals surface area contributed by atoms with Crippen LogP contribution in [0.5, 0.6) is 5.75 Å². The molecule has 11 heteroatoms. The molecule has 3 rings (SSSR count). The van der Waals surface area contributed by atoms with Crippen LogP contribution in [0.1, 0.15) is 36.5 Å². The fourth-order valence-electron chi connectivity index (χ4n) is 3.23. The number of nitrogens with one attached hydrogen (secondary N) is 1. The molecule has 1 N–H and O–H groups in total. The van der Waals surface area contributed by atoms with Crippen molar-refractivity contribution in [3.63, 3.8) is 0 Å². The van der Waals surface area contributed by atoms with Gasteiger partial charge in [-0.1, -0.05) is 6.42 Å². The molecule has 0 bridgehead atoms. The van der Waals surface area contributed by atoms with Gasteiger partial charge in [-0.05, 0) is 38.0 Å². The van der Waals surface area contributed by atoms with Crippen molar-refractivity contribution in [1.29, 1.82) is 0 Å². The lowest BCUT2D eigenvalue weighted by Gasteiger charge is -2.26. The number of ether oxygens (including phenoxy) is 2. The molecule has 1 fully saturated rings. The molecule has 1 aromatic heterocycles. The van der Waals surface area contributed by atoms with E-state index in [9.17, 15) is 18.0 Å². The molecule has 0 saturated carbocycles. The van der Waals surface area contributed by atoms with E-state index < -0.39 is 28.5 Å². The number of piperidine rings is 1. The van der Waals surface area contributed by atoms with Crippen molar-refractivity contribution in [2.45, 2.75) is 31.1 Å². The standard InChI is InChI=1S/C20H26N4O6S/c1-3-29-18-8-7-16(31(27,28)24-9-5-4-6-10-24)11-17(18)22-19(25)14-30-20(26)15-12-21-23(2)13-15/h7-8,11-13H,3-6,9-10,14H2,1-2H3,(H,22,25). The Balaban J connectivity index is 1.73. The van der Waals surface area contributed by atoms with E-state index in [2.05, 4.69) is 10.4 Å². The lowest BCUT2D eigenvalue weighted by Crippen LogP contribution is -2.35. The van der Waals surface area contributed by atoms with Crippen molar-refractivity contribution in [2.24, 2.45) is 7.05 Å². The van der Waals surface area contributed by atoms with Gasteiger partial charge in [0, 0.05) is 26.3 Å².